The molecule has 0 saturated heterocycles. The number of nitrogens with one attached hydrogen (secondary N) is 2. The van der Waals surface area contributed by atoms with Crippen LogP contribution in [-0.2, 0) is 0 Å². The van der Waals surface area contributed by atoms with Gasteiger partial charge >= 0.3 is 0 Å². The molecule has 1 aromatic heterocycles. The van der Waals surface area contributed by atoms with Gasteiger partial charge in [-0.2, -0.15) is 0 Å². The van der Waals surface area contributed by atoms with E-state index in [2.05, 4.69) is 15.6 Å². The highest BCUT2D eigenvalue weighted by atomic mass is 32.1. The summed E-state index contributed by atoms with van der Waals surface area (Å²) in [6, 6.07) is 0. The first-order chi connectivity index (χ1) is 5.76. The standard InChI is InChI=1S/C7H14N4S/c1-5-4-12-7(10-5)11-6(3-8)9-2/h4,6,9H,3,8H2,1-2H3,(H,10,11). The highest BCUT2D eigenvalue weighted by Crippen LogP contribution is 2.14. The number of hydrogen-bond donors (Lipinski definition) is 3. The second-order valence-corrected chi connectivity index (χ2v) is 3.37. The van der Waals surface area contributed by atoms with Gasteiger partial charge in [-0.25, -0.2) is 4.98 Å². The Morgan fingerprint density at radius 2 is 2.50 bits per heavy atom. The Hall–Kier alpha value is -0.650. The molecule has 1 heterocycles. The molecule has 1 aromatic rings. The van der Waals surface area contributed by atoms with Crippen molar-refractivity contribution in [3.63, 3.8) is 0 Å². The fourth-order valence-electron chi connectivity index (χ4n) is 0.818. The first-order valence-corrected chi connectivity index (χ1v) is 4.70. The van der Waals surface area contributed by atoms with Gasteiger partial charge in [0.15, 0.2) is 5.13 Å². The lowest BCUT2D eigenvalue weighted by Crippen LogP contribution is -2.40. The van der Waals surface area contributed by atoms with Crippen LogP contribution in [-0.4, -0.2) is 24.7 Å². The summed E-state index contributed by atoms with van der Waals surface area (Å²) in [5.41, 5.74) is 6.53. The van der Waals surface area contributed by atoms with Gasteiger partial charge in [-0.3, -0.25) is 5.32 Å². The van der Waals surface area contributed by atoms with Crippen LogP contribution in [0.3, 0.4) is 0 Å². The first kappa shape index (κ1) is 9.44. The van der Waals surface area contributed by atoms with E-state index in [1.54, 1.807) is 11.3 Å². The number of anilines is 1. The third-order valence-electron chi connectivity index (χ3n) is 1.50. The molecule has 0 saturated carbocycles. The Bertz CT molecular complexity index is 231. The Balaban J connectivity index is 2.50. The minimum atomic E-state index is 0.107. The zero-order valence-electron chi connectivity index (χ0n) is 7.29. The van der Waals surface area contributed by atoms with Crippen LogP contribution in [0.4, 0.5) is 5.13 Å². The topological polar surface area (TPSA) is 63.0 Å². The van der Waals surface area contributed by atoms with Gasteiger partial charge in [-0.1, -0.05) is 0 Å². The molecule has 1 unspecified atom stereocenters. The maximum absolute atomic E-state index is 5.49. The van der Waals surface area contributed by atoms with Crippen molar-refractivity contribution in [3.05, 3.63) is 11.1 Å². The van der Waals surface area contributed by atoms with Crippen molar-refractivity contribution in [2.24, 2.45) is 5.73 Å². The molecule has 0 aliphatic heterocycles. The number of nitrogens with zero attached hydrogens (tertiary/aromatic N) is 1. The van der Waals surface area contributed by atoms with Crippen LogP contribution in [0.2, 0.25) is 0 Å². The molecule has 0 amide bonds. The van der Waals surface area contributed by atoms with Gasteiger partial charge in [0.1, 0.15) is 0 Å². The lowest BCUT2D eigenvalue weighted by molar-refractivity contribution is 0.634. The third-order valence-corrected chi connectivity index (χ3v) is 2.39. The van der Waals surface area contributed by atoms with Gasteiger partial charge in [0.2, 0.25) is 0 Å². The molecule has 4 N–H and O–H groups in total. The maximum Gasteiger partial charge on any atom is 0.184 e. The van der Waals surface area contributed by atoms with Crippen molar-refractivity contribution >= 4 is 16.5 Å². The monoisotopic (exact) mass is 186 g/mol. The Morgan fingerprint density at radius 1 is 1.75 bits per heavy atom. The molecular formula is C7H14N4S. The quantitative estimate of drug-likeness (QED) is 0.594. The molecule has 0 radical (unpaired) electrons. The average Bonchev–Trinajstić information content (AvgIpc) is 2.47. The highest BCUT2D eigenvalue weighted by molar-refractivity contribution is 7.13. The molecule has 1 rings (SSSR count). The van der Waals surface area contributed by atoms with Gasteiger partial charge in [0, 0.05) is 11.9 Å². The van der Waals surface area contributed by atoms with Gasteiger partial charge in [0.25, 0.3) is 0 Å². The normalized spacial score (nSPS) is 12.9. The number of likely N-dealkylation sites (N-methyl/N-ethyl adjacent to an activating group) is 1. The van der Waals surface area contributed by atoms with Gasteiger partial charge in [0.05, 0.1) is 11.9 Å². The van der Waals surface area contributed by atoms with E-state index in [1.807, 2.05) is 19.4 Å². The molecule has 68 valence electrons. The molecule has 0 fully saturated rings. The van der Waals surface area contributed by atoms with Gasteiger partial charge < -0.3 is 11.1 Å². The summed E-state index contributed by atoms with van der Waals surface area (Å²) in [7, 11) is 1.87. The third kappa shape index (κ3) is 2.44. The average molecular weight is 186 g/mol. The predicted molar refractivity (Wildman–Crippen MR) is 52.4 cm³/mol. The molecule has 0 spiro atoms. The van der Waals surface area contributed by atoms with E-state index >= 15 is 0 Å². The van der Waals surface area contributed by atoms with Crippen LogP contribution < -0.4 is 16.4 Å². The number of rotatable bonds is 4. The van der Waals surface area contributed by atoms with E-state index in [0.717, 1.165) is 10.8 Å². The van der Waals surface area contributed by atoms with Crippen LogP contribution in [0.1, 0.15) is 5.69 Å². The van der Waals surface area contributed by atoms with Crippen molar-refractivity contribution in [3.8, 4) is 0 Å². The smallest absolute Gasteiger partial charge is 0.184 e. The SMILES string of the molecule is CNC(CN)Nc1nc(C)cs1. The number of aryl methyl sites for hydroxylation is 1. The molecule has 0 aromatic carbocycles. The Labute approximate surface area is 76.2 Å². The van der Waals surface area contributed by atoms with Crippen molar-refractivity contribution in [1.29, 1.82) is 0 Å². The lowest BCUT2D eigenvalue weighted by Gasteiger charge is -2.14. The van der Waals surface area contributed by atoms with Crippen molar-refractivity contribution in [2.45, 2.75) is 13.1 Å². The van der Waals surface area contributed by atoms with Gasteiger partial charge in [-0.15, -0.1) is 11.3 Å². The highest BCUT2D eigenvalue weighted by Gasteiger charge is 2.04. The minimum absolute atomic E-state index is 0.107. The lowest BCUT2D eigenvalue weighted by atomic mass is 10.5. The van der Waals surface area contributed by atoms with Crippen molar-refractivity contribution < 1.29 is 0 Å². The first-order valence-electron chi connectivity index (χ1n) is 3.82. The summed E-state index contributed by atoms with van der Waals surface area (Å²) in [5, 5.41) is 9.13. The summed E-state index contributed by atoms with van der Waals surface area (Å²) >= 11 is 1.59. The van der Waals surface area contributed by atoms with Crippen LogP contribution >= 0.6 is 11.3 Å². The number of nitrogens with two attached hydrogens (primary N) is 1. The van der Waals surface area contributed by atoms with E-state index in [0.29, 0.717) is 6.54 Å². The number of thiazole rings is 1. The number of hydrogen-bond acceptors (Lipinski definition) is 5. The molecule has 0 aliphatic carbocycles. The number of aromatic nitrogens is 1. The molecule has 0 aliphatic rings. The second kappa shape index (κ2) is 4.39. The van der Waals surface area contributed by atoms with Crippen LogP contribution in [0.25, 0.3) is 0 Å². The van der Waals surface area contributed by atoms with E-state index in [-0.39, 0.29) is 6.17 Å². The van der Waals surface area contributed by atoms with Crippen LogP contribution in [0, 0.1) is 6.92 Å². The van der Waals surface area contributed by atoms with E-state index in [4.69, 9.17) is 5.73 Å². The fraction of sp³-hybridized carbons (Fsp3) is 0.571. The zero-order valence-corrected chi connectivity index (χ0v) is 8.11. The largest absolute Gasteiger partial charge is 0.345 e. The molecule has 1 atom stereocenters. The molecule has 12 heavy (non-hydrogen) atoms. The summed E-state index contributed by atoms with van der Waals surface area (Å²) in [5.74, 6) is 0. The van der Waals surface area contributed by atoms with Crippen LogP contribution in [0.15, 0.2) is 5.38 Å². The van der Waals surface area contributed by atoms with Gasteiger partial charge in [-0.05, 0) is 14.0 Å². The van der Waals surface area contributed by atoms with E-state index in [9.17, 15) is 0 Å². The maximum atomic E-state index is 5.49. The van der Waals surface area contributed by atoms with E-state index in [1.165, 1.54) is 0 Å². The zero-order chi connectivity index (χ0) is 8.97. The molecular weight excluding hydrogens is 172 g/mol. The summed E-state index contributed by atoms with van der Waals surface area (Å²) in [6.07, 6.45) is 0.107. The Morgan fingerprint density at radius 3 is 2.92 bits per heavy atom. The fourth-order valence-corrected chi connectivity index (χ4v) is 1.56. The molecule has 5 heteroatoms. The summed E-state index contributed by atoms with van der Waals surface area (Å²) < 4.78 is 0. The van der Waals surface area contributed by atoms with Crippen LogP contribution in [0.5, 0.6) is 0 Å². The predicted octanol–water partition coefficient (Wildman–Crippen LogP) is 0.368. The van der Waals surface area contributed by atoms with Crippen molar-refractivity contribution in [1.82, 2.24) is 10.3 Å². The second-order valence-electron chi connectivity index (χ2n) is 2.52. The van der Waals surface area contributed by atoms with Crippen molar-refractivity contribution in [2.75, 3.05) is 18.9 Å². The summed E-state index contributed by atoms with van der Waals surface area (Å²) in [6.45, 7) is 2.52. The molecule has 0 bridgehead atoms. The van der Waals surface area contributed by atoms with E-state index < -0.39 is 0 Å². The Kier molecular flexibility index (Phi) is 3.46. The summed E-state index contributed by atoms with van der Waals surface area (Å²) in [4.78, 5) is 4.26. The minimum Gasteiger partial charge on any atom is -0.345 e. The molecule has 4 nitrogen and oxygen atoms in total.